The smallest absolute Gasteiger partial charge is 0.262 e. The lowest BCUT2D eigenvalue weighted by Gasteiger charge is -2.28. The summed E-state index contributed by atoms with van der Waals surface area (Å²) in [6, 6.07) is 7.09. The van der Waals surface area contributed by atoms with E-state index in [1.165, 1.54) is 29.9 Å². The first-order chi connectivity index (χ1) is 18.6. The van der Waals surface area contributed by atoms with E-state index in [1.807, 2.05) is 0 Å². The van der Waals surface area contributed by atoms with Crippen molar-refractivity contribution in [3.63, 3.8) is 0 Å². The standard InChI is InChI=1S/C26H31F2N5O5S/c1-3-31(2)39(35,36)26-24(25(29)34)23-14-19(4-7-33(23)30-26)32-15-18(28)13-22(32)16-10-17(27)12-21(11-16)38-20-5-8-37-9-6-20/h4,7,10-12,14,18,20,22H,3,5-6,8-9,13,15H2,1-2H3,(H2,29,34)/t18-,22+/m0/s1. The Morgan fingerprint density at radius 3 is 2.69 bits per heavy atom. The molecule has 2 aliphatic rings. The van der Waals surface area contributed by atoms with Gasteiger partial charge in [-0.15, -0.1) is 0 Å². The number of fused-ring (bicyclic) bond motifs is 1. The van der Waals surface area contributed by atoms with Gasteiger partial charge in [-0.2, -0.15) is 9.40 Å². The number of benzene rings is 1. The minimum Gasteiger partial charge on any atom is -0.490 e. The highest BCUT2D eigenvalue weighted by molar-refractivity contribution is 7.89. The summed E-state index contributed by atoms with van der Waals surface area (Å²) < 4.78 is 69.2. The number of pyridine rings is 1. The molecule has 0 aliphatic carbocycles. The molecule has 3 aromatic rings. The van der Waals surface area contributed by atoms with E-state index in [9.17, 15) is 22.0 Å². The molecule has 0 spiro atoms. The first-order valence-electron chi connectivity index (χ1n) is 12.8. The fraction of sp³-hybridized carbons (Fsp3) is 0.462. The van der Waals surface area contributed by atoms with Crippen LogP contribution in [0.1, 0.15) is 48.1 Å². The normalized spacial score (nSPS) is 20.7. The number of rotatable bonds is 8. The second-order valence-electron chi connectivity index (χ2n) is 9.83. The topological polar surface area (TPSA) is 119 Å². The van der Waals surface area contributed by atoms with E-state index < -0.39 is 39.0 Å². The van der Waals surface area contributed by atoms with Crippen molar-refractivity contribution in [1.82, 2.24) is 13.9 Å². The van der Waals surface area contributed by atoms with E-state index in [1.54, 1.807) is 30.0 Å². The van der Waals surface area contributed by atoms with Gasteiger partial charge in [-0.3, -0.25) is 4.79 Å². The average molecular weight is 564 g/mol. The van der Waals surface area contributed by atoms with Gasteiger partial charge in [0.15, 0.2) is 0 Å². The van der Waals surface area contributed by atoms with Gasteiger partial charge in [0.25, 0.3) is 15.9 Å². The summed E-state index contributed by atoms with van der Waals surface area (Å²) in [4.78, 5) is 14.2. The highest BCUT2D eigenvalue weighted by atomic mass is 32.2. The van der Waals surface area contributed by atoms with Crippen molar-refractivity contribution in [2.75, 3.05) is 38.3 Å². The van der Waals surface area contributed by atoms with Crippen LogP contribution in [0.5, 0.6) is 5.75 Å². The zero-order chi connectivity index (χ0) is 27.9. The van der Waals surface area contributed by atoms with Gasteiger partial charge in [-0.05, 0) is 29.8 Å². The number of carbonyl (C=O) groups is 1. The Hall–Kier alpha value is -3.29. The molecule has 210 valence electrons. The molecule has 2 atom stereocenters. The summed E-state index contributed by atoms with van der Waals surface area (Å²) in [6.07, 6.45) is 1.74. The van der Waals surface area contributed by atoms with Gasteiger partial charge < -0.3 is 20.1 Å². The first-order valence-corrected chi connectivity index (χ1v) is 14.3. The molecule has 0 unspecified atom stereocenters. The van der Waals surface area contributed by atoms with E-state index >= 15 is 0 Å². The van der Waals surface area contributed by atoms with Crippen LogP contribution < -0.4 is 15.4 Å². The number of alkyl halides is 1. The molecule has 1 amide bonds. The maximum absolute atomic E-state index is 14.8. The molecule has 2 aliphatic heterocycles. The number of anilines is 1. The number of carbonyl (C=O) groups excluding carboxylic acids is 1. The molecular weight excluding hydrogens is 532 g/mol. The first kappa shape index (κ1) is 27.3. The molecule has 0 saturated carbocycles. The Morgan fingerprint density at radius 1 is 1.26 bits per heavy atom. The van der Waals surface area contributed by atoms with Crippen LogP contribution in [0.15, 0.2) is 41.6 Å². The van der Waals surface area contributed by atoms with Gasteiger partial charge in [-0.25, -0.2) is 21.7 Å². The number of halogens is 2. The molecule has 0 bridgehead atoms. The molecule has 1 aromatic carbocycles. The van der Waals surface area contributed by atoms with E-state index in [4.69, 9.17) is 15.2 Å². The van der Waals surface area contributed by atoms with Gasteiger partial charge in [0.1, 0.15) is 29.4 Å². The number of nitrogens with two attached hydrogens (primary N) is 1. The Bertz CT molecular complexity index is 1490. The molecule has 2 N–H and O–H groups in total. The Balaban J connectivity index is 1.53. The van der Waals surface area contributed by atoms with Crippen LogP contribution in [-0.2, 0) is 14.8 Å². The minimum absolute atomic E-state index is 0.0251. The highest BCUT2D eigenvalue weighted by Gasteiger charge is 2.36. The van der Waals surface area contributed by atoms with Crippen LogP contribution in [0.4, 0.5) is 14.5 Å². The number of hydrogen-bond acceptors (Lipinski definition) is 7. The van der Waals surface area contributed by atoms with Crippen molar-refractivity contribution in [1.29, 1.82) is 0 Å². The number of aromatic nitrogens is 2. The lowest BCUT2D eigenvalue weighted by atomic mass is 10.0. The van der Waals surface area contributed by atoms with Crippen molar-refractivity contribution >= 4 is 27.1 Å². The Labute approximate surface area is 225 Å². The average Bonchev–Trinajstić information content (AvgIpc) is 3.49. The number of primary amides is 1. The monoisotopic (exact) mass is 563 g/mol. The lowest BCUT2D eigenvalue weighted by Crippen LogP contribution is -2.29. The van der Waals surface area contributed by atoms with E-state index in [-0.39, 0.29) is 36.7 Å². The molecule has 2 saturated heterocycles. The number of nitrogens with zero attached hydrogens (tertiary/aromatic N) is 4. The lowest BCUT2D eigenvalue weighted by molar-refractivity contribution is 0.0254. The van der Waals surface area contributed by atoms with E-state index in [0.29, 0.717) is 43.1 Å². The van der Waals surface area contributed by atoms with Crippen LogP contribution in [0.2, 0.25) is 0 Å². The van der Waals surface area contributed by atoms with E-state index in [0.717, 1.165) is 4.31 Å². The molecular formula is C26H31F2N5O5S. The van der Waals surface area contributed by atoms with Gasteiger partial charge in [-0.1, -0.05) is 6.92 Å². The second-order valence-corrected chi connectivity index (χ2v) is 11.8. The SMILES string of the molecule is CCN(C)S(=O)(=O)c1nn2ccc(N3C[C@@H](F)C[C@@H]3c3cc(F)cc(OC4CCOCC4)c3)cc2c1C(N)=O. The van der Waals surface area contributed by atoms with Gasteiger partial charge in [0, 0.05) is 57.4 Å². The van der Waals surface area contributed by atoms with Crippen LogP contribution in [-0.4, -0.2) is 73.9 Å². The number of ether oxygens (including phenoxy) is 2. The molecule has 4 heterocycles. The second kappa shape index (κ2) is 10.7. The van der Waals surface area contributed by atoms with E-state index in [2.05, 4.69) is 5.10 Å². The fourth-order valence-corrected chi connectivity index (χ4v) is 6.43. The summed E-state index contributed by atoms with van der Waals surface area (Å²) in [5, 5.41) is 3.69. The quantitative estimate of drug-likeness (QED) is 0.447. The highest BCUT2D eigenvalue weighted by Crippen LogP contribution is 2.40. The van der Waals surface area contributed by atoms with Gasteiger partial charge in [0.2, 0.25) is 5.03 Å². The molecule has 13 heteroatoms. The number of amides is 1. The molecule has 2 fully saturated rings. The predicted octanol–water partition coefficient (Wildman–Crippen LogP) is 3.06. The Kier molecular flexibility index (Phi) is 7.49. The fourth-order valence-electron chi connectivity index (χ4n) is 5.14. The zero-order valence-corrected chi connectivity index (χ0v) is 22.5. The van der Waals surface area contributed by atoms with Crippen LogP contribution in [0, 0.1) is 5.82 Å². The van der Waals surface area contributed by atoms with Crippen LogP contribution >= 0.6 is 0 Å². The molecule has 5 rings (SSSR count). The van der Waals surface area contributed by atoms with Crippen LogP contribution in [0.3, 0.4) is 0 Å². The zero-order valence-electron chi connectivity index (χ0n) is 21.7. The van der Waals surface area contributed by atoms with Crippen molar-refractivity contribution in [2.24, 2.45) is 5.73 Å². The molecule has 2 aromatic heterocycles. The summed E-state index contributed by atoms with van der Waals surface area (Å²) in [5.74, 6) is -1.07. The number of hydrogen-bond donors (Lipinski definition) is 1. The van der Waals surface area contributed by atoms with Crippen molar-refractivity contribution in [3.05, 3.63) is 53.5 Å². The summed E-state index contributed by atoms with van der Waals surface area (Å²) in [7, 11) is -2.70. The summed E-state index contributed by atoms with van der Waals surface area (Å²) >= 11 is 0. The molecule has 0 radical (unpaired) electrons. The van der Waals surface area contributed by atoms with Crippen molar-refractivity contribution in [2.45, 2.75) is 49.5 Å². The van der Waals surface area contributed by atoms with Crippen molar-refractivity contribution < 1.29 is 31.5 Å². The van der Waals surface area contributed by atoms with Gasteiger partial charge >= 0.3 is 0 Å². The van der Waals surface area contributed by atoms with Crippen molar-refractivity contribution in [3.8, 4) is 5.75 Å². The third-order valence-electron chi connectivity index (χ3n) is 7.26. The van der Waals surface area contributed by atoms with Gasteiger partial charge in [0.05, 0.1) is 24.8 Å². The number of sulfonamides is 1. The third kappa shape index (κ3) is 5.30. The largest absolute Gasteiger partial charge is 0.490 e. The Morgan fingerprint density at radius 2 is 2.00 bits per heavy atom. The summed E-state index contributed by atoms with van der Waals surface area (Å²) in [5.41, 5.74) is 6.59. The third-order valence-corrected chi connectivity index (χ3v) is 9.12. The van der Waals surface area contributed by atoms with Crippen LogP contribution in [0.25, 0.3) is 5.52 Å². The minimum atomic E-state index is -4.08. The molecule has 39 heavy (non-hydrogen) atoms. The summed E-state index contributed by atoms with van der Waals surface area (Å²) in [6.45, 7) is 3.00. The molecule has 10 nitrogen and oxygen atoms in total. The maximum Gasteiger partial charge on any atom is 0.262 e. The maximum atomic E-state index is 14.8. The predicted molar refractivity (Wildman–Crippen MR) is 140 cm³/mol.